The highest BCUT2D eigenvalue weighted by Gasteiger charge is 2.15. The van der Waals surface area contributed by atoms with E-state index in [-0.39, 0.29) is 10.6 Å². The van der Waals surface area contributed by atoms with Gasteiger partial charge < -0.3 is 5.11 Å². The summed E-state index contributed by atoms with van der Waals surface area (Å²) in [4.78, 5) is -0.183. The Morgan fingerprint density at radius 3 is 1.96 bits per heavy atom. The van der Waals surface area contributed by atoms with E-state index in [1.165, 1.54) is 6.07 Å². The standard InChI is InChI=1S/C17H20N2O4S/c1-9-6-10(2)16(24(21,22)23)8-14(9)18-19-15-7-11(3)17(20)13(5)12(15)4/h6-8,20H,1-5H3,(H,21,22,23). The van der Waals surface area contributed by atoms with Crippen LogP contribution in [-0.4, -0.2) is 18.1 Å². The lowest BCUT2D eigenvalue weighted by molar-refractivity contribution is 0.466. The van der Waals surface area contributed by atoms with E-state index in [1.54, 1.807) is 39.8 Å². The molecule has 24 heavy (non-hydrogen) atoms. The third-order valence-corrected chi connectivity index (χ3v) is 5.06. The summed E-state index contributed by atoms with van der Waals surface area (Å²) in [7, 11) is -4.32. The van der Waals surface area contributed by atoms with Crippen molar-refractivity contribution in [3.63, 3.8) is 0 Å². The zero-order valence-electron chi connectivity index (χ0n) is 14.2. The van der Waals surface area contributed by atoms with Crippen LogP contribution in [0.15, 0.2) is 33.3 Å². The Morgan fingerprint density at radius 2 is 1.38 bits per heavy atom. The van der Waals surface area contributed by atoms with E-state index in [0.29, 0.717) is 22.5 Å². The summed E-state index contributed by atoms with van der Waals surface area (Å²) in [6, 6.07) is 4.66. The molecule has 0 aliphatic rings. The summed E-state index contributed by atoms with van der Waals surface area (Å²) >= 11 is 0. The average Bonchev–Trinajstić information content (AvgIpc) is 2.47. The van der Waals surface area contributed by atoms with Gasteiger partial charge >= 0.3 is 0 Å². The zero-order valence-corrected chi connectivity index (χ0v) is 15.1. The quantitative estimate of drug-likeness (QED) is 0.625. The smallest absolute Gasteiger partial charge is 0.294 e. The lowest BCUT2D eigenvalue weighted by atomic mass is 10.0. The first-order valence-corrected chi connectivity index (χ1v) is 8.76. The van der Waals surface area contributed by atoms with Gasteiger partial charge in [-0.3, -0.25) is 4.55 Å². The molecule has 0 saturated carbocycles. The molecule has 0 aliphatic heterocycles. The van der Waals surface area contributed by atoms with Crippen LogP contribution >= 0.6 is 0 Å². The van der Waals surface area contributed by atoms with Crippen molar-refractivity contribution in [2.45, 2.75) is 39.5 Å². The Labute approximate surface area is 141 Å². The molecule has 2 N–H and O–H groups in total. The molecule has 0 bridgehead atoms. The summed E-state index contributed by atoms with van der Waals surface area (Å²) in [5.41, 5.74) is 4.35. The number of hydrogen-bond donors (Lipinski definition) is 2. The Morgan fingerprint density at radius 1 is 0.792 bits per heavy atom. The van der Waals surface area contributed by atoms with Gasteiger partial charge in [0, 0.05) is 0 Å². The molecule has 2 rings (SSSR count). The van der Waals surface area contributed by atoms with E-state index >= 15 is 0 Å². The van der Waals surface area contributed by atoms with Gasteiger partial charge in [-0.25, -0.2) is 0 Å². The van der Waals surface area contributed by atoms with Gasteiger partial charge in [0.1, 0.15) is 5.75 Å². The van der Waals surface area contributed by atoms with Crippen molar-refractivity contribution >= 4 is 21.5 Å². The van der Waals surface area contributed by atoms with Gasteiger partial charge in [-0.05, 0) is 74.6 Å². The van der Waals surface area contributed by atoms with E-state index in [2.05, 4.69) is 10.2 Å². The average molecular weight is 348 g/mol. The molecule has 0 aromatic heterocycles. The molecule has 0 atom stereocenters. The third-order valence-electron chi connectivity index (χ3n) is 4.07. The summed E-state index contributed by atoms with van der Waals surface area (Å²) in [6.07, 6.45) is 0. The van der Waals surface area contributed by atoms with Crippen LogP contribution in [0.25, 0.3) is 0 Å². The summed E-state index contributed by atoms with van der Waals surface area (Å²) in [5, 5.41) is 18.3. The highest BCUT2D eigenvalue weighted by Crippen LogP contribution is 2.34. The van der Waals surface area contributed by atoms with Crippen molar-refractivity contribution in [1.29, 1.82) is 0 Å². The predicted octanol–water partition coefficient (Wildman–Crippen LogP) is 4.60. The van der Waals surface area contributed by atoms with E-state index in [9.17, 15) is 18.1 Å². The van der Waals surface area contributed by atoms with Crippen molar-refractivity contribution in [1.82, 2.24) is 0 Å². The molecule has 0 radical (unpaired) electrons. The Balaban J connectivity index is 2.55. The Bertz CT molecular complexity index is 948. The molecule has 0 amide bonds. The lowest BCUT2D eigenvalue weighted by Gasteiger charge is -2.10. The summed E-state index contributed by atoms with van der Waals surface area (Å²) < 4.78 is 32.1. The molecule has 0 fully saturated rings. The highest BCUT2D eigenvalue weighted by molar-refractivity contribution is 7.85. The monoisotopic (exact) mass is 348 g/mol. The van der Waals surface area contributed by atoms with Crippen molar-refractivity contribution < 1.29 is 18.1 Å². The third kappa shape index (κ3) is 3.47. The van der Waals surface area contributed by atoms with Crippen molar-refractivity contribution in [3.8, 4) is 5.75 Å². The van der Waals surface area contributed by atoms with Crippen LogP contribution < -0.4 is 0 Å². The number of hydrogen-bond acceptors (Lipinski definition) is 5. The van der Waals surface area contributed by atoms with Gasteiger partial charge in [0.15, 0.2) is 0 Å². The number of nitrogens with zero attached hydrogens (tertiary/aromatic N) is 2. The van der Waals surface area contributed by atoms with Crippen molar-refractivity contribution in [2.24, 2.45) is 10.2 Å². The normalized spacial score (nSPS) is 12.1. The van der Waals surface area contributed by atoms with E-state index in [4.69, 9.17) is 0 Å². The van der Waals surface area contributed by atoms with Crippen LogP contribution in [0.5, 0.6) is 5.75 Å². The van der Waals surface area contributed by atoms with E-state index in [0.717, 1.165) is 16.7 Å². The van der Waals surface area contributed by atoms with Crippen LogP contribution in [0.1, 0.15) is 27.8 Å². The first kappa shape index (κ1) is 18.1. The van der Waals surface area contributed by atoms with E-state index < -0.39 is 10.1 Å². The molecule has 0 aliphatic carbocycles. The van der Waals surface area contributed by atoms with Crippen LogP contribution in [0.2, 0.25) is 0 Å². The SMILES string of the molecule is Cc1cc(C)c(S(=O)(=O)O)cc1N=Nc1cc(C)c(O)c(C)c1C. The van der Waals surface area contributed by atoms with Gasteiger partial charge in [-0.15, -0.1) is 0 Å². The highest BCUT2D eigenvalue weighted by atomic mass is 32.2. The Kier molecular flexibility index (Phi) is 4.77. The molecule has 0 spiro atoms. The van der Waals surface area contributed by atoms with Crippen LogP contribution in [0.4, 0.5) is 11.4 Å². The van der Waals surface area contributed by atoms with Crippen molar-refractivity contribution in [2.75, 3.05) is 0 Å². The fourth-order valence-corrected chi connectivity index (χ4v) is 3.19. The minimum Gasteiger partial charge on any atom is -0.507 e. The number of rotatable bonds is 3. The topological polar surface area (TPSA) is 99.3 Å². The van der Waals surface area contributed by atoms with Gasteiger partial charge in [-0.2, -0.15) is 18.6 Å². The first-order chi connectivity index (χ1) is 11.0. The zero-order chi connectivity index (χ0) is 18.2. The summed E-state index contributed by atoms with van der Waals surface area (Å²) in [6.45, 7) is 8.79. The second-order valence-corrected chi connectivity index (χ2v) is 7.28. The van der Waals surface area contributed by atoms with Gasteiger partial charge in [-0.1, -0.05) is 6.07 Å². The number of benzene rings is 2. The second kappa shape index (κ2) is 6.33. The maximum absolute atomic E-state index is 11.4. The Hall–Kier alpha value is -2.25. The predicted molar refractivity (Wildman–Crippen MR) is 92.2 cm³/mol. The van der Waals surface area contributed by atoms with E-state index in [1.807, 2.05) is 6.92 Å². The number of aryl methyl sites for hydroxylation is 3. The molecule has 2 aromatic carbocycles. The van der Waals surface area contributed by atoms with Crippen molar-refractivity contribution in [3.05, 3.63) is 46.0 Å². The molecule has 2 aromatic rings. The van der Waals surface area contributed by atoms with Crippen LogP contribution in [-0.2, 0) is 10.1 Å². The van der Waals surface area contributed by atoms with Gasteiger partial charge in [0.05, 0.1) is 16.3 Å². The molecule has 7 heteroatoms. The van der Waals surface area contributed by atoms with Gasteiger partial charge in [0.25, 0.3) is 10.1 Å². The maximum atomic E-state index is 11.4. The lowest BCUT2D eigenvalue weighted by Crippen LogP contribution is -2.01. The molecule has 6 nitrogen and oxygen atoms in total. The minimum atomic E-state index is -4.32. The molecule has 0 heterocycles. The maximum Gasteiger partial charge on any atom is 0.294 e. The summed E-state index contributed by atoms with van der Waals surface area (Å²) in [5.74, 6) is 0.228. The van der Waals surface area contributed by atoms with Crippen LogP contribution in [0.3, 0.4) is 0 Å². The van der Waals surface area contributed by atoms with Crippen LogP contribution in [0, 0.1) is 34.6 Å². The first-order valence-electron chi connectivity index (χ1n) is 7.32. The number of phenols is 1. The molecule has 0 unspecified atom stereocenters. The number of phenolic OH excluding ortho intramolecular Hbond substituents is 1. The second-order valence-electron chi connectivity index (χ2n) is 5.89. The molecular weight excluding hydrogens is 328 g/mol. The molecule has 0 saturated heterocycles. The fraction of sp³-hybridized carbons (Fsp3) is 0.294. The minimum absolute atomic E-state index is 0.183. The number of azo groups is 1. The molecule has 128 valence electrons. The fourth-order valence-electron chi connectivity index (χ4n) is 2.47. The molecular formula is C17H20N2O4S. The largest absolute Gasteiger partial charge is 0.507 e. The number of aromatic hydroxyl groups is 1. The van der Waals surface area contributed by atoms with Gasteiger partial charge in [0.2, 0.25) is 0 Å².